The molecular weight excluding hydrogens is 308 g/mol. The topological polar surface area (TPSA) is 44.3 Å². The average molecular weight is 332 g/mol. The maximum absolute atomic E-state index is 10.2. The number of hydrogen-bond acceptors (Lipinski definition) is 3. The summed E-state index contributed by atoms with van der Waals surface area (Å²) in [6.07, 6.45) is 0. The molecule has 0 unspecified atom stereocenters. The van der Waals surface area contributed by atoms with Crippen LogP contribution in [0.1, 0.15) is 22.3 Å². The molecule has 128 valence electrons. The molecule has 0 amide bonds. The van der Waals surface area contributed by atoms with Crippen LogP contribution in [0.2, 0.25) is 0 Å². The summed E-state index contributed by atoms with van der Waals surface area (Å²) >= 11 is 0. The third-order valence-electron chi connectivity index (χ3n) is 4.21. The van der Waals surface area contributed by atoms with E-state index >= 15 is 0 Å². The zero-order chi connectivity index (χ0) is 17.3. The van der Waals surface area contributed by atoms with E-state index in [1.165, 1.54) is 11.1 Å². The Hall–Kier alpha value is -2.62. The second-order valence-corrected chi connectivity index (χ2v) is 6.09. The van der Waals surface area contributed by atoms with Crippen LogP contribution in [-0.2, 0) is 26.2 Å². The lowest BCUT2D eigenvalue weighted by molar-refractivity contribution is 0.462. The highest BCUT2D eigenvalue weighted by molar-refractivity contribution is 5.39. The van der Waals surface area contributed by atoms with Crippen molar-refractivity contribution in [2.24, 2.45) is 0 Å². The minimum Gasteiger partial charge on any atom is -0.508 e. The van der Waals surface area contributed by atoms with E-state index in [-0.39, 0.29) is 0 Å². The van der Waals surface area contributed by atoms with E-state index in [1.54, 1.807) is 6.07 Å². The molecule has 0 aromatic heterocycles. The molecule has 3 N–H and O–H groups in total. The summed E-state index contributed by atoms with van der Waals surface area (Å²) in [6.45, 7) is 2.97. The Bertz CT molecular complexity index is 773. The third kappa shape index (κ3) is 5.18. The minimum atomic E-state index is 0.347. The van der Waals surface area contributed by atoms with Crippen LogP contribution in [0, 0.1) is 0 Å². The van der Waals surface area contributed by atoms with Crippen LogP contribution in [0.3, 0.4) is 0 Å². The van der Waals surface area contributed by atoms with Gasteiger partial charge in [-0.25, -0.2) is 0 Å². The van der Waals surface area contributed by atoms with Crippen LogP contribution in [0.4, 0.5) is 0 Å². The van der Waals surface area contributed by atoms with Crippen LogP contribution in [0.25, 0.3) is 0 Å². The molecule has 0 saturated carbocycles. The normalized spacial score (nSPS) is 10.7. The molecular formula is C22H24N2O. The van der Waals surface area contributed by atoms with Gasteiger partial charge in [-0.1, -0.05) is 72.8 Å². The molecule has 0 aliphatic carbocycles. The van der Waals surface area contributed by atoms with Crippen molar-refractivity contribution in [2.45, 2.75) is 26.2 Å². The molecule has 3 heteroatoms. The lowest BCUT2D eigenvalue weighted by Gasteiger charge is -2.13. The Kier molecular flexibility index (Phi) is 6.21. The largest absolute Gasteiger partial charge is 0.508 e. The molecule has 0 aliphatic rings. The van der Waals surface area contributed by atoms with E-state index in [2.05, 4.69) is 41.0 Å². The summed E-state index contributed by atoms with van der Waals surface area (Å²) < 4.78 is 0. The molecule has 0 saturated heterocycles. The second kappa shape index (κ2) is 9.02. The van der Waals surface area contributed by atoms with Gasteiger partial charge in [0.05, 0.1) is 0 Å². The molecule has 0 heterocycles. The lowest BCUT2D eigenvalue weighted by atomic mass is 10.1. The Morgan fingerprint density at radius 2 is 1.12 bits per heavy atom. The minimum absolute atomic E-state index is 0.347. The number of phenols is 1. The molecule has 0 spiro atoms. The first-order valence-corrected chi connectivity index (χ1v) is 8.62. The van der Waals surface area contributed by atoms with Gasteiger partial charge in [-0.05, 0) is 22.8 Å². The summed E-state index contributed by atoms with van der Waals surface area (Å²) in [4.78, 5) is 0. The van der Waals surface area contributed by atoms with Crippen molar-refractivity contribution < 1.29 is 5.11 Å². The first-order valence-electron chi connectivity index (χ1n) is 8.62. The number of phenolic OH excluding ortho intramolecular Hbond substituents is 1. The maximum Gasteiger partial charge on any atom is 0.120 e. The molecule has 0 bridgehead atoms. The van der Waals surface area contributed by atoms with Crippen molar-refractivity contribution in [3.05, 3.63) is 101 Å². The van der Waals surface area contributed by atoms with Crippen molar-refractivity contribution in [1.29, 1.82) is 0 Å². The molecule has 3 aromatic rings. The summed E-state index contributed by atoms with van der Waals surface area (Å²) in [7, 11) is 0. The summed E-state index contributed by atoms with van der Waals surface area (Å²) in [5, 5.41) is 17.1. The highest BCUT2D eigenvalue weighted by Gasteiger charge is 2.07. The number of nitrogens with one attached hydrogen (secondary N) is 2. The molecule has 0 atom stereocenters. The fraction of sp³-hybridized carbons (Fsp3) is 0.182. The monoisotopic (exact) mass is 332 g/mol. The van der Waals surface area contributed by atoms with Gasteiger partial charge in [0.2, 0.25) is 0 Å². The quantitative estimate of drug-likeness (QED) is 0.585. The van der Waals surface area contributed by atoms with Gasteiger partial charge < -0.3 is 15.7 Å². The van der Waals surface area contributed by atoms with Gasteiger partial charge in [0.15, 0.2) is 0 Å². The zero-order valence-electron chi connectivity index (χ0n) is 14.3. The predicted octanol–water partition coefficient (Wildman–Crippen LogP) is 3.97. The summed E-state index contributed by atoms with van der Waals surface area (Å²) in [5.41, 5.74) is 4.57. The number of hydrogen-bond donors (Lipinski definition) is 3. The van der Waals surface area contributed by atoms with Crippen molar-refractivity contribution in [1.82, 2.24) is 10.6 Å². The SMILES string of the molecule is Oc1cccc(CNCc2ccccc2)c1CNCc1ccccc1. The van der Waals surface area contributed by atoms with Crippen LogP contribution >= 0.6 is 0 Å². The Labute approximate surface area is 149 Å². The van der Waals surface area contributed by atoms with Crippen LogP contribution < -0.4 is 10.6 Å². The van der Waals surface area contributed by atoms with Crippen molar-refractivity contribution >= 4 is 0 Å². The molecule has 0 fully saturated rings. The van der Waals surface area contributed by atoms with Gasteiger partial charge >= 0.3 is 0 Å². The number of rotatable bonds is 8. The Morgan fingerprint density at radius 3 is 1.72 bits per heavy atom. The standard InChI is InChI=1S/C22H24N2O/c25-22-13-7-12-20(16-23-14-18-8-3-1-4-9-18)21(22)17-24-15-19-10-5-2-6-11-19/h1-13,23-25H,14-17H2. The van der Waals surface area contributed by atoms with E-state index in [9.17, 15) is 5.11 Å². The van der Waals surface area contributed by atoms with Crippen molar-refractivity contribution in [2.75, 3.05) is 0 Å². The van der Waals surface area contributed by atoms with E-state index in [4.69, 9.17) is 0 Å². The van der Waals surface area contributed by atoms with Gasteiger partial charge in [-0.15, -0.1) is 0 Å². The van der Waals surface area contributed by atoms with E-state index < -0.39 is 0 Å². The Balaban J connectivity index is 1.57. The van der Waals surface area contributed by atoms with Gasteiger partial charge in [0, 0.05) is 31.7 Å². The van der Waals surface area contributed by atoms with Crippen LogP contribution in [-0.4, -0.2) is 5.11 Å². The number of aromatic hydroxyl groups is 1. The van der Waals surface area contributed by atoms with Gasteiger partial charge in [-0.3, -0.25) is 0 Å². The van der Waals surface area contributed by atoms with E-state index in [0.29, 0.717) is 12.3 Å². The average Bonchev–Trinajstić information content (AvgIpc) is 2.65. The van der Waals surface area contributed by atoms with Gasteiger partial charge in [0.25, 0.3) is 0 Å². The first kappa shape index (κ1) is 17.2. The fourth-order valence-electron chi connectivity index (χ4n) is 2.86. The second-order valence-electron chi connectivity index (χ2n) is 6.09. The van der Waals surface area contributed by atoms with E-state index in [1.807, 2.05) is 42.5 Å². The molecule has 3 nitrogen and oxygen atoms in total. The smallest absolute Gasteiger partial charge is 0.120 e. The van der Waals surface area contributed by atoms with Crippen LogP contribution in [0.15, 0.2) is 78.9 Å². The summed E-state index contributed by atoms with van der Waals surface area (Å²) in [5.74, 6) is 0.347. The molecule has 0 radical (unpaired) electrons. The van der Waals surface area contributed by atoms with Crippen molar-refractivity contribution in [3.8, 4) is 5.75 Å². The predicted molar refractivity (Wildman–Crippen MR) is 102 cm³/mol. The molecule has 0 aliphatic heterocycles. The highest BCUT2D eigenvalue weighted by atomic mass is 16.3. The van der Waals surface area contributed by atoms with Gasteiger partial charge in [-0.2, -0.15) is 0 Å². The molecule has 3 aromatic carbocycles. The Morgan fingerprint density at radius 1 is 0.560 bits per heavy atom. The molecule has 3 rings (SSSR count). The molecule has 25 heavy (non-hydrogen) atoms. The number of benzene rings is 3. The maximum atomic E-state index is 10.2. The third-order valence-corrected chi connectivity index (χ3v) is 4.21. The fourth-order valence-corrected chi connectivity index (χ4v) is 2.86. The highest BCUT2D eigenvalue weighted by Crippen LogP contribution is 2.21. The lowest BCUT2D eigenvalue weighted by Crippen LogP contribution is -2.18. The van der Waals surface area contributed by atoms with Gasteiger partial charge in [0.1, 0.15) is 5.75 Å². The summed E-state index contributed by atoms with van der Waals surface area (Å²) in [6, 6.07) is 26.3. The zero-order valence-corrected chi connectivity index (χ0v) is 14.3. The first-order chi connectivity index (χ1) is 12.3. The van der Waals surface area contributed by atoms with Crippen molar-refractivity contribution in [3.63, 3.8) is 0 Å². The van der Waals surface area contributed by atoms with E-state index in [0.717, 1.165) is 30.8 Å². The van der Waals surface area contributed by atoms with Crippen LogP contribution in [0.5, 0.6) is 5.75 Å².